The standard InChI is InChI=1S/C19H26N2O2.2ClH/c1-22-19-8-7-16-5-2-3-6-17(16)18(19)15-20-9-4-10-21-11-13-23-14-12-21;;/h2-3,5-8,20H,4,9-15H2,1H3;2*1H. The largest absolute Gasteiger partial charge is 1.00 e. The lowest BCUT2D eigenvalue weighted by Gasteiger charge is -2.23. The molecule has 6 heteroatoms. The summed E-state index contributed by atoms with van der Waals surface area (Å²) in [6.45, 7) is 7.57. The van der Waals surface area contributed by atoms with Gasteiger partial charge in [-0.3, -0.25) is 0 Å². The number of quaternary nitrogens is 2. The molecule has 1 heterocycles. The molecule has 2 aromatic carbocycles. The number of halogens is 2. The normalized spacial score (nSPS) is 14.6. The minimum Gasteiger partial charge on any atom is -1.00 e. The van der Waals surface area contributed by atoms with Crippen LogP contribution in [0.5, 0.6) is 5.75 Å². The van der Waals surface area contributed by atoms with E-state index >= 15 is 0 Å². The van der Waals surface area contributed by atoms with Crippen molar-refractivity contribution in [3.05, 3.63) is 42.0 Å². The highest BCUT2D eigenvalue weighted by Gasteiger charge is 2.14. The van der Waals surface area contributed by atoms with E-state index < -0.39 is 0 Å². The summed E-state index contributed by atoms with van der Waals surface area (Å²) >= 11 is 0. The second-order valence-corrected chi connectivity index (χ2v) is 6.21. The fourth-order valence-electron chi connectivity index (χ4n) is 3.37. The monoisotopic (exact) mass is 386 g/mol. The van der Waals surface area contributed by atoms with E-state index in [1.54, 1.807) is 12.0 Å². The van der Waals surface area contributed by atoms with Crippen LogP contribution < -0.4 is 39.8 Å². The number of benzene rings is 2. The Morgan fingerprint density at radius 2 is 1.84 bits per heavy atom. The second-order valence-electron chi connectivity index (χ2n) is 6.21. The van der Waals surface area contributed by atoms with Crippen LogP contribution in [-0.2, 0) is 11.3 Å². The maximum absolute atomic E-state index is 5.57. The Kier molecular flexibility index (Phi) is 10.2. The first-order valence-corrected chi connectivity index (χ1v) is 8.66. The summed E-state index contributed by atoms with van der Waals surface area (Å²) < 4.78 is 11.0. The van der Waals surface area contributed by atoms with Gasteiger partial charge in [0.15, 0.2) is 0 Å². The third kappa shape index (κ3) is 6.01. The number of methoxy groups -OCH3 is 1. The first-order valence-electron chi connectivity index (χ1n) is 8.66. The van der Waals surface area contributed by atoms with Crippen LogP contribution in [0.15, 0.2) is 36.4 Å². The van der Waals surface area contributed by atoms with Crippen molar-refractivity contribution in [3.63, 3.8) is 0 Å². The van der Waals surface area contributed by atoms with Gasteiger partial charge in [0.25, 0.3) is 0 Å². The Balaban J connectivity index is 0.00000156. The molecule has 1 aliphatic heterocycles. The number of fused-ring (bicyclic) bond motifs is 1. The topological polar surface area (TPSA) is 39.5 Å². The highest BCUT2D eigenvalue weighted by molar-refractivity contribution is 5.87. The van der Waals surface area contributed by atoms with E-state index in [0.29, 0.717) is 0 Å². The van der Waals surface area contributed by atoms with E-state index in [1.807, 2.05) is 0 Å². The van der Waals surface area contributed by atoms with Crippen LogP contribution in [0.3, 0.4) is 0 Å². The molecule has 4 nitrogen and oxygen atoms in total. The highest BCUT2D eigenvalue weighted by atomic mass is 35.5. The Bertz CT molecular complexity index is 634. The number of rotatable bonds is 7. The first kappa shape index (κ1) is 22.0. The van der Waals surface area contributed by atoms with Crippen molar-refractivity contribution in [1.82, 2.24) is 0 Å². The summed E-state index contributed by atoms with van der Waals surface area (Å²) in [5, 5.41) is 5.00. The van der Waals surface area contributed by atoms with Crippen molar-refractivity contribution < 1.29 is 44.5 Å². The molecule has 0 spiro atoms. The van der Waals surface area contributed by atoms with Crippen molar-refractivity contribution in [3.8, 4) is 5.75 Å². The van der Waals surface area contributed by atoms with Crippen LogP contribution in [-0.4, -0.2) is 46.5 Å². The predicted octanol–water partition coefficient (Wildman–Crippen LogP) is -5.78. The van der Waals surface area contributed by atoms with Gasteiger partial charge < -0.3 is 44.5 Å². The molecule has 0 radical (unpaired) electrons. The second kappa shape index (κ2) is 11.6. The number of hydrogen-bond donors (Lipinski definition) is 2. The predicted molar refractivity (Wildman–Crippen MR) is 92.0 cm³/mol. The molecule has 1 saturated heterocycles. The highest BCUT2D eigenvalue weighted by Crippen LogP contribution is 2.26. The van der Waals surface area contributed by atoms with Gasteiger partial charge in [0, 0.05) is 6.42 Å². The molecule has 2 aromatic rings. The van der Waals surface area contributed by atoms with E-state index in [-0.39, 0.29) is 24.8 Å². The van der Waals surface area contributed by atoms with Gasteiger partial charge in [0.2, 0.25) is 0 Å². The smallest absolute Gasteiger partial charge is 0.128 e. The summed E-state index contributed by atoms with van der Waals surface area (Å²) in [6, 6.07) is 12.8. The quantitative estimate of drug-likeness (QED) is 0.465. The van der Waals surface area contributed by atoms with Crippen LogP contribution in [0.4, 0.5) is 0 Å². The minimum absolute atomic E-state index is 0. The summed E-state index contributed by atoms with van der Waals surface area (Å²) in [4.78, 5) is 1.69. The van der Waals surface area contributed by atoms with Gasteiger partial charge in [-0.15, -0.1) is 0 Å². The van der Waals surface area contributed by atoms with Crippen molar-refractivity contribution in [2.24, 2.45) is 0 Å². The van der Waals surface area contributed by atoms with Crippen molar-refractivity contribution >= 4 is 10.8 Å². The van der Waals surface area contributed by atoms with E-state index in [1.165, 1.54) is 29.3 Å². The molecule has 25 heavy (non-hydrogen) atoms. The lowest BCUT2D eigenvalue weighted by atomic mass is 10.0. The molecule has 3 N–H and O–H groups in total. The van der Waals surface area contributed by atoms with Crippen LogP contribution in [0.2, 0.25) is 0 Å². The maximum Gasteiger partial charge on any atom is 0.128 e. The zero-order valence-electron chi connectivity index (χ0n) is 14.8. The molecule has 0 aromatic heterocycles. The Labute approximate surface area is 162 Å². The Morgan fingerprint density at radius 3 is 2.60 bits per heavy atom. The van der Waals surface area contributed by atoms with Gasteiger partial charge in [-0.1, -0.05) is 30.3 Å². The van der Waals surface area contributed by atoms with E-state index in [0.717, 1.165) is 45.1 Å². The zero-order chi connectivity index (χ0) is 15.9. The molecular formula is C19H28Cl2N2O2. The van der Waals surface area contributed by atoms with E-state index in [9.17, 15) is 0 Å². The zero-order valence-corrected chi connectivity index (χ0v) is 16.3. The van der Waals surface area contributed by atoms with Crippen molar-refractivity contribution in [2.45, 2.75) is 13.0 Å². The van der Waals surface area contributed by atoms with Gasteiger partial charge in [0.1, 0.15) is 25.4 Å². The summed E-state index contributed by atoms with van der Waals surface area (Å²) in [5.74, 6) is 0.999. The Hall–Kier alpha value is -1.04. The fraction of sp³-hybridized carbons (Fsp3) is 0.474. The molecule has 0 atom stereocenters. The third-order valence-corrected chi connectivity index (χ3v) is 4.70. The lowest BCUT2D eigenvalue weighted by molar-refractivity contribution is -0.909. The minimum atomic E-state index is 0. The van der Waals surface area contributed by atoms with E-state index in [2.05, 4.69) is 41.7 Å². The van der Waals surface area contributed by atoms with Crippen LogP contribution in [0, 0.1) is 0 Å². The van der Waals surface area contributed by atoms with Crippen LogP contribution in [0.25, 0.3) is 10.8 Å². The average molecular weight is 387 g/mol. The van der Waals surface area contributed by atoms with Crippen molar-refractivity contribution in [1.29, 1.82) is 0 Å². The lowest BCUT2D eigenvalue weighted by Crippen LogP contribution is -3.14. The molecule has 0 saturated carbocycles. The SMILES string of the molecule is COc1ccc2ccccc2c1C[NH2+]CCC[NH+]1CCOCC1.[Cl-].[Cl-]. The molecule has 0 amide bonds. The maximum atomic E-state index is 5.57. The molecule has 0 bridgehead atoms. The van der Waals surface area contributed by atoms with Gasteiger partial charge in [-0.05, 0) is 16.8 Å². The van der Waals surface area contributed by atoms with Gasteiger partial charge in [-0.2, -0.15) is 0 Å². The van der Waals surface area contributed by atoms with Crippen molar-refractivity contribution in [2.75, 3.05) is 46.5 Å². The summed E-state index contributed by atoms with van der Waals surface area (Å²) in [5.41, 5.74) is 1.31. The van der Waals surface area contributed by atoms with Gasteiger partial charge in [-0.25, -0.2) is 0 Å². The van der Waals surface area contributed by atoms with Crippen LogP contribution in [0.1, 0.15) is 12.0 Å². The molecule has 140 valence electrons. The van der Waals surface area contributed by atoms with Gasteiger partial charge in [0.05, 0.1) is 39.0 Å². The molecule has 1 fully saturated rings. The first-order chi connectivity index (χ1) is 11.4. The third-order valence-electron chi connectivity index (χ3n) is 4.70. The number of hydrogen-bond acceptors (Lipinski definition) is 2. The molecular weight excluding hydrogens is 359 g/mol. The Morgan fingerprint density at radius 1 is 1.08 bits per heavy atom. The number of ether oxygens (including phenoxy) is 2. The summed E-state index contributed by atoms with van der Waals surface area (Å²) in [6.07, 6.45) is 1.25. The summed E-state index contributed by atoms with van der Waals surface area (Å²) in [7, 11) is 1.76. The fourth-order valence-corrected chi connectivity index (χ4v) is 3.37. The molecule has 0 aliphatic carbocycles. The molecule has 1 aliphatic rings. The number of nitrogens with two attached hydrogens (primary N) is 1. The number of morpholine rings is 1. The number of nitrogens with one attached hydrogen (secondary N) is 1. The van der Waals surface area contributed by atoms with Gasteiger partial charge >= 0.3 is 0 Å². The average Bonchev–Trinajstić information content (AvgIpc) is 2.62. The van der Waals surface area contributed by atoms with E-state index in [4.69, 9.17) is 9.47 Å². The van der Waals surface area contributed by atoms with Crippen LogP contribution >= 0.6 is 0 Å². The molecule has 3 rings (SSSR count). The molecule has 0 unspecified atom stereocenters.